The molecule has 4 aromatic rings. The van der Waals surface area contributed by atoms with Gasteiger partial charge in [0, 0.05) is 30.8 Å². The number of anilines is 1. The highest BCUT2D eigenvalue weighted by Gasteiger charge is 2.45. The summed E-state index contributed by atoms with van der Waals surface area (Å²) >= 11 is 0. The number of nitrogens with zero attached hydrogens (tertiary/aromatic N) is 3. The molecule has 0 aliphatic carbocycles. The van der Waals surface area contributed by atoms with Crippen molar-refractivity contribution in [3.8, 4) is 34.0 Å². The summed E-state index contributed by atoms with van der Waals surface area (Å²) in [4.78, 5) is 31.4. The molecule has 0 bridgehead atoms. The molecular weight excluding hydrogens is 544 g/mol. The number of hydrogen-bond donors (Lipinski definition) is 1. The van der Waals surface area contributed by atoms with Gasteiger partial charge in [-0.2, -0.15) is 0 Å². The maximum Gasteiger partial charge on any atom is 0.439 e. The van der Waals surface area contributed by atoms with E-state index in [-0.39, 0.29) is 11.3 Å². The molecule has 2 aliphatic rings. The standard InChI is InChI=1S/C34H38N4O5/c1-4-41-28-18-24(19-29(42-5-2)31(28)25-8-6-23(3)7-9-25)21-37-16-14-34(15-17-37)20-30(39)38(22-34)27-12-10-26(11-13-27)32-35-33(40)43-36-32/h6-13,18-19H,4-5,14-17,20-22H2,1-3H3,(H,35,36,40). The molecule has 1 spiro atoms. The number of aromatic nitrogens is 2. The van der Waals surface area contributed by atoms with Crippen LogP contribution in [0.25, 0.3) is 22.5 Å². The fraction of sp³-hybridized carbons (Fsp3) is 0.382. The average Bonchev–Trinajstić information content (AvgIpc) is 3.58. The lowest BCUT2D eigenvalue weighted by Gasteiger charge is -2.39. The molecule has 9 heteroatoms. The van der Waals surface area contributed by atoms with E-state index in [1.807, 2.05) is 43.0 Å². The van der Waals surface area contributed by atoms with Crippen LogP contribution in [0.4, 0.5) is 5.69 Å². The van der Waals surface area contributed by atoms with Crippen LogP contribution >= 0.6 is 0 Å². The lowest BCUT2D eigenvalue weighted by atomic mass is 9.77. The number of carbonyl (C=O) groups is 1. The molecule has 1 aromatic heterocycles. The number of likely N-dealkylation sites (tertiary alicyclic amines) is 1. The average molecular weight is 583 g/mol. The van der Waals surface area contributed by atoms with Crippen LogP contribution in [0, 0.1) is 12.3 Å². The minimum absolute atomic E-state index is 0.0220. The Hall–Kier alpha value is -4.37. The summed E-state index contributed by atoms with van der Waals surface area (Å²) in [6.07, 6.45) is 2.49. The van der Waals surface area contributed by atoms with Gasteiger partial charge in [-0.1, -0.05) is 35.0 Å². The van der Waals surface area contributed by atoms with E-state index in [2.05, 4.69) is 62.9 Å². The molecule has 3 aromatic carbocycles. The number of rotatable bonds is 9. The third kappa shape index (κ3) is 6.08. The van der Waals surface area contributed by atoms with Gasteiger partial charge in [-0.25, -0.2) is 4.79 Å². The monoisotopic (exact) mass is 582 g/mol. The number of nitrogens with one attached hydrogen (secondary N) is 1. The van der Waals surface area contributed by atoms with Gasteiger partial charge in [0.2, 0.25) is 5.91 Å². The number of aromatic amines is 1. The molecule has 1 N–H and O–H groups in total. The maximum absolute atomic E-state index is 13.2. The fourth-order valence-electron chi connectivity index (χ4n) is 6.34. The van der Waals surface area contributed by atoms with Crippen molar-refractivity contribution in [3.63, 3.8) is 0 Å². The van der Waals surface area contributed by atoms with Crippen LogP contribution in [0.3, 0.4) is 0 Å². The topological polar surface area (TPSA) is 101 Å². The zero-order chi connectivity index (χ0) is 30.0. The van der Waals surface area contributed by atoms with Gasteiger partial charge in [-0.05, 0) is 99.6 Å². The van der Waals surface area contributed by atoms with Gasteiger partial charge in [-0.15, -0.1) is 0 Å². The van der Waals surface area contributed by atoms with Crippen LogP contribution in [-0.2, 0) is 11.3 Å². The van der Waals surface area contributed by atoms with Crippen LogP contribution in [0.1, 0.15) is 44.2 Å². The lowest BCUT2D eigenvalue weighted by Crippen LogP contribution is -2.41. The third-order valence-electron chi connectivity index (χ3n) is 8.60. The summed E-state index contributed by atoms with van der Waals surface area (Å²) in [5.41, 5.74) is 6.03. The number of amides is 1. The SMILES string of the molecule is CCOc1cc(CN2CCC3(CC2)CC(=O)N(c2ccc(-c4noc(=O)[nH]4)cc2)C3)cc(OCC)c1-c1ccc(C)cc1. The first kappa shape index (κ1) is 28.7. The number of benzene rings is 3. The number of carbonyl (C=O) groups excluding carboxylic acids is 1. The van der Waals surface area contributed by atoms with Crippen LogP contribution in [0.2, 0.25) is 0 Å². The maximum atomic E-state index is 13.2. The van der Waals surface area contributed by atoms with E-state index in [1.54, 1.807) is 0 Å². The summed E-state index contributed by atoms with van der Waals surface area (Å²) in [7, 11) is 0. The molecule has 2 saturated heterocycles. The zero-order valence-corrected chi connectivity index (χ0v) is 25.0. The number of ether oxygens (including phenoxy) is 2. The van der Waals surface area contributed by atoms with Gasteiger partial charge in [0.05, 0.1) is 18.8 Å². The molecule has 9 nitrogen and oxygen atoms in total. The van der Waals surface area contributed by atoms with Crippen molar-refractivity contribution in [2.75, 3.05) is 37.7 Å². The van der Waals surface area contributed by atoms with Crippen LogP contribution in [0.15, 0.2) is 70.0 Å². The Bertz CT molecular complexity index is 1610. The van der Waals surface area contributed by atoms with E-state index in [0.29, 0.717) is 32.0 Å². The summed E-state index contributed by atoms with van der Waals surface area (Å²) in [6, 6.07) is 20.3. The summed E-state index contributed by atoms with van der Waals surface area (Å²) in [6.45, 7) is 10.6. The number of piperidine rings is 1. The zero-order valence-electron chi connectivity index (χ0n) is 25.0. The first-order valence-corrected chi connectivity index (χ1v) is 15.0. The molecule has 1 amide bonds. The Morgan fingerprint density at radius 2 is 1.53 bits per heavy atom. The quantitative estimate of drug-likeness (QED) is 0.265. The third-order valence-corrected chi connectivity index (χ3v) is 8.60. The van der Waals surface area contributed by atoms with Gasteiger partial charge >= 0.3 is 5.76 Å². The normalized spacial score (nSPS) is 16.6. The number of H-pyrrole nitrogens is 1. The van der Waals surface area contributed by atoms with Crippen molar-refractivity contribution in [2.24, 2.45) is 5.41 Å². The second-order valence-corrected chi connectivity index (χ2v) is 11.6. The smallest absolute Gasteiger partial charge is 0.439 e. The van der Waals surface area contributed by atoms with E-state index >= 15 is 0 Å². The largest absolute Gasteiger partial charge is 0.493 e. The highest BCUT2D eigenvalue weighted by atomic mass is 16.5. The first-order valence-electron chi connectivity index (χ1n) is 15.0. The lowest BCUT2D eigenvalue weighted by molar-refractivity contribution is -0.118. The molecule has 2 fully saturated rings. The Labute approximate surface area is 251 Å². The van der Waals surface area contributed by atoms with Crippen molar-refractivity contribution in [2.45, 2.75) is 46.6 Å². The van der Waals surface area contributed by atoms with E-state index in [9.17, 15) is 9.59 Å². The fourth-order valence-corrected chi connectivity index (χ4v) is 6.34. The van der Waals surface area contributed by atoms with Crippen LogP contribution in [-0.4, -0.2) is 53.8 Å². The van der Waals surface area contributed by atoms with Gasteiger partial charge in [0.25, 0.3) is 0 Å². The molecule has 0 saturated carbocycles. The number of hydrogen-bond acceptors (Lipinski definition) is 7. The van der Waals surface area contributed by atoms with Crippen LogP contribution in [0.5, 0.6) is 11.5 Å². The van der Waals surface area contributed by atoms with Gasteiger partial charge in [0.15, 0.2) is 5.82 Å². The Morgan fingerprint density at radius 1 is 0.907 bits per heavy atom. The molecular formula is C34H38N4O5. The highest BCUT2D eigenvalue weighted by Crippen LogP contribution is 2.44. The molecule has 3 heterocycles. The molecule has 0 atom stereocenters. The Balaban J connectivity index is 1.14. The minimum Gasteiger partial charge on any atom is -0.493 e. The van der Waals surface area contributed by atoms with Crippen LogP contribution < -0.4 is 20.1 Å². The predicted octanol–water partition coefficient (Wildman–Crippen LogP) is 5.82. The second-order valence-electron chi connectivity index (χ2n) is 11.6. The van der Waals surface area contributed by atoms with E-state index in [1.165, 1.54) is 5.56 Å². The summed E-state index contributed by atoms with van der Waals surface area (Å²) in [5, 5.41) is 3.74. The molecule has 2 aliphatic heterocycles. The van der Waals surface area contributed by atoms with Crippen molar-refractivity contribution in [1.82, 2.24) is 15.0 Å². The Morgan fingerprint density at radius 3 is 2.12 bits per heavy atom. The Kier molecular flexibility index (Phi) is 8.08. The summed E-state index contributed by atoms with van der Waals surface area (Å²) in [5.74, 6) is 1.63. The molecule has 0 radical (unpaired) electrons. The minimum atomic E-state index is -0.592. The van der Waals surface area contributed by atoms with Gasteiger partial charge in [0.1, 0.15) is 11.5 Å². The molecule has 0 unspecified atom stereocenters. The van der Waals surface area contributed by atoms with Gasteiger partial charge in [-0.3, -0.25) is 19.2 Å². The number of aryl methyl sites for hydroxylation is 1. The second kappa shape index (κ2) is 12.1. The van der Waals surface area contributed by atoms with Gasteiger partial charge < -0.3 is 14.4 Å². The molecule has 224 valence electrons. The van der Waals surface area contributed by atoms with Crippen molar-refractivity contribution >= 4 is 11.6 Å². The van der Waals surface area contributed by atoms with Crippen molar-refractivity contribution in [1.29, 1.82) is 0 Å². The predicted molar refractivity (Wildman–Crippen MR) is 165 cm³/mol. The van der Waals surface area contributed by atoms with E-state index in [4.69, 9.17) is 9.47 Å². The van der Waals surface area contributed by atoms with Crippen molar-refractivity contribution < 1.29 is 18.8 Å². The summed E-state index contributed by atoms with van der Waals surface area (Å²) < 4.78 is 16.9. The van der Waals surface area contributed by atoms with Crippen molar-refractivity contribution in [3.05, 3.63) is 82.3 Å². The molecule has 43 heavy (non-hydrogen) atoms. The van der Waals surface area contributed by atoms with E-state index < -0.39 is 5.76 Å². The molecule has 6 rings (SSSR count). The van der Waals surface area contributed by atoms with E-state index in [0.717, 1.165) is 71.9 Å². The first-order chi connectivity index (χ1) is 20.9. The highest BCUT2D eigenvalue weighted by molar-refractivity contribution is 5.96.